The highest BCUT2D eigenvalue weighted by molar-refractivity contribution is 5.79. The molecular weight excluding hydrogens is 394 g/mol. The Labute approximate surface area is 181 Å². The number of aliphatic hydroxyl groups excluding tert-OH is 1. The van der Waals surface area contributed by atoms with Crippen LogP contribution in [0.25, 0.3) is 11.0 Å². The average Bonchev–Trinajstić information content (AvgIpc) is 3.38. The summed E-state index contributed by atoms with van der Waals surface area (Å²) in [6, 6.07) is 13.5. The van der Waals surface area contributed by atoms with Crippen molar-refractivity contribution in [3.05, 3.63) is 70.5 Å². The summed E-state index contributed by atoms with van der Waals surface area (Å²) in [6.45, 7) is 5.61. The predicted octanol–water partition coefficient (Wildman–Crippen LogP) is 3.30. The van der Waals surface area contributed by atoms with Gasteiger partial charge in [0.2, 0.25) is 0 Å². The zero-order valence-corrected chi connectivity index (χ0v) is 18.2. The van der Waals surface area contributed by atoms with E-state index in [9.17, 15) is 5.11 Å². The molecule has 0 aliphatic carbocycles. The van der Waals surface area contributed by atoms with Gasteiger partial charge in [0.1, 0.15) is 17.4 Å². The van der Waals surface area contributed by atoms with Crippen LogP contribution in [0.1, 0.15) is 41.1 Å². The molecule has 0 bridgehead atoms. The molecule has 162 valence electrons. The molecule has 0 fully saturated rings. The Morgan fingerprint density at radius 3 is 2.58 bits per heavy atom. The van der Waals surface area contributed by atoms with E-state index >= 15 is 0 Å². The number of benzene rings is 2. The van der Waals surface area contributed by atoms with Gasteiger partial charge in [-0.05, 0) is 54.8 Å². The van der Waals surface area contributed by atoms with Crippen LogP contribution >= 0.6 is 0 Å². The van der Waals surface area contributed by atoms with Gasteiger partial charge in [0.15, 0.2) is 0 Å². The van der Waals surface area contributed by atoms with Gasteiger partial charge in [-0.3, -0.25) is 4.68 Å². The molecule has 0 aliphatic heterocycles. The van der Waals surface area contributed by atoms with Crippen molar-refractivity contribution in [1.82, 2.24) is 24.8 Å². The Bertz CT molecular complexity index is 1180. The Morgan fingerprint density at radius 1 is 1.10 bits per heavy atom. The van der Waals surface area contributed by atoms with E-state index in [-0.39, 0.29) is 0 Å². The second kappa shape index (κ2) is 8.87. The molecule has 1 atom stereocenters. The minimum Gasteiger partial charge on any atom is -0.497 e. The summed E-state index contributed by atoms with van der Waals surface area (Å²) in [7, 11) is 3.50. The van der Waals surface area contributed by atoms with E-state index in [1.165, 1.54) is 0 Å². The maximum Gasteiger partial charge on any atom is 0.123 e. The molecule has 2 aromatic carbocycles. The lowest BCUT2D eigenvalue weighted by molar-refractivity contribution is 0.102. The van der Waals surface area contributed by atoms with Crippen LogP contribution in [0.5, 0.6) is 5.75 Å². The fraction of sp³-hybridized carbons (Fsp3) is 0.348. The number of nitrogens with zero attached hydrogens (tertiary/aromatic N) is 5. The highest BCUT2D eigenvalue weighted by Gasteiger charge is 2.20. The Hall–Kier alpha value is -3.23. The monoisotopic (exact) mass is 421 g/mol. The zero-order chi connectivity index (χ0) is 22.0. The number of hydrogen-bond donors (Lipinski definition) is 1. The van der Waals surface area contributed by atoms with Crippen molar-refractivity contribution in [2.24, 2.45) is 7.05 Å². The SMILES string of the molecule is CCn1nnc2c(C)c(C(O)c3cc(COCc4ccc(OC)cc4)n(C)n3)ccc21. The molecule has 0 radical (unpaired) electrons. The molecule has 8 heteroatoms. The Kier molecular flexibility index (Phi) is 6.01. The quantitative estimate of drug-likeness (QED) is 0.470. The summed E-state index contributed by atoms with van der Waals surface area (Å²) in [5.41, 5.74) is 5.98. The summed E-state index contributed by atoms with van der Waals surface area (Å²) in [5, 5.41) is 24.0. The zero-order valence-electron chi connectivity index (χ0n) is 18.2. The second-order valence-electron chi connectivity index (χ2n) is 7.48. The summed E-state index contributed by atoms with van der Waals surface area (Å²) in [4.78, 5) is 0. The molecule has 1 unspecified atom stereocenters. The number of ether oxygens (including phenoxy) is 2. The third-order valence-electron chi connectivity index (χ3n) is 5.53. The Balaban J connectivity index is 1.47. The molecule has 8 nitrogen and oxygen atoms in total. The van der Waals surface area contributed by atoms with E-state index in [4.69, 9.17) is 9.47 Å². The fourth-order valence-electron chi connectivity index (χ4n) is 3.67. The van der Waals surface area contributed by atoms with Crippen LogP contribution in [0.3, 0.4) is 0 Å². The molecule has 0 saturated heterocycles. The summed E-state index contributed by atoms with van der Waals surface area (Å²) >= 11 is 0. The van der Waals surface area contributed by atoms with Crippen molar-refractivity contribution < 1.29 is 14.6 Å². The highest BCUT2D eigenvalue weighted by atomic mass is 16.5. The van der Waals surface area contributed by atoms with Crippen LogP contribution in [0.2, 0.25) is 0 Å². The van der Waals surface area contributed by atoms with E-state index in [2.05, 4.69) is 15.4 Å². The number of aromatic nitrogens is 5. The van der Waals surface area contributed by atoms with Gasteiger partial charge >= 0.3 is 0 Å². The first-order valence-electron chi connectivity index (χ1n) is 10.3. The smallest absolute Gasteiger partial charge is 0.123 e. The number of fused-ring (bicyclic) bond motifs is 1. The predicted molar refractivity (Wildman–Crippen MR) is 117 cm³/mol. The maximum absolute atomic E-state index is 11.0. The first kappa shape index (κ1) is 21.0. The number of methoxy groups -OCH3 is 1. The number of hydrogen-bond acceptors (Lipinski definition) is 6. The van der Waals surface area contributed by atoms with Crippen LogP contribution in [0.15, 0.2) is 42.5 Å². The number of aryl methyl sites for hydroxylation is 3. The molecule has 1 N–H and O–H groups in total. The molecule has 0 saturated carbocycles. The first-order valence-corrected chi connectivity index (χ1v) is 10.3. The minimum atomic E-state index is -0.849. The summed E-state index contributed by atoms with van der Waals surface area (Å²) in [5.74, 6) is 0.819. The minimum absolute atomic E-state index is 0.394. The normalized spacial score (nSPS) is 12.4. The number of aliphatic hydroxyl groups is 1. The van der Waals surface area contributed by atoms with Gasteiger partial charge in [-0.2, -0.15) is 5.10 Å². The van der Waals surface area contributed by atoms with E-state index in [0.29, 0.717) is 18.9 Å². The lowest BCUT2D eigenvalue weighted by Crippen LogP contribution is -2.05. The fourth-order valence-corrected chi connectivity index (χ4v) is 3.67. The lowest BCUT2D eigenvalue weighted by Gasteiger charge is -2.12. The Morgan fingerprint density at radius 2 is 1.87 bits per heavy atom. The van der Waals surface area contributed by atoms with Crippen LogP contribution in [-0.2, 0) is 31.5 Å². The number of rotatable bonds is 8. The van der Waals surface area contributed by atoms with Gasteiger partial charge in [-0.15, -0.1) is 5.10 Å². The van der Waals surface area contributed by atoms with Crippen LogP contribution in [0.4, 0.5) is 0 Å². The van der Waals surface area contributed by atoms with Crippen molar-refractivity contribution in [2.75, 3.05) is 7.11 Å². The largest absolute Gasteiger partial charge is 0.497 e. The average molecular weight is 422 g/mol. The van der Waals surface area contributed by atoms with E-state index in [0.717, 1.165) is 45.7 Å². The molecule has 31 heavy (non-hydrogen) atoms. The van der Waals surface area contributed by atoms with Crippen molar-refractivity contribution in [3.8, 4) is 5.75 Å². The van der Waals surface area contributed by atoms with Gasteiger partial charge in [-0.25, -0.2) is 4.68 Å². The standard InChI is InChI=1S/C23H27N5O3/c1-5-28-21-11-10-19(15(2)22(21)24-26-28)23(29)20-12-17(27(3)25-20)14-31-13-16-6-8-18(30-4)9-7-16/h6-12,23,29H,5,13-14H2,1-4H3. The van der Waals surface area contributed by atoms with Crippen molar-refractivity contribution in [3.63, 3.8) is 0 Å². The molecule has 4 aromatic rings. The van der Waals surface area contributed by atoms with Crippen LogP contribution in [0, 0.1) is 6.92 Å². The third kappa shape index (κ3) is 4.17. The topological polar surface area (TPSA) is 87.2 Å². The van der Waals surface area contributed by atoms with Crippen molar-refractivity contribution in [2.45, 2.75) is 39.7 Å². The molecule has 0 amide bonds. The molecule has 4 rings (SSSR count). The second-order valence-corrected chi connectivity index (χ2v) is 7.48. The highest BCUT2D eigenvalue weighted by Crippen LogP contribution is 2.29. The lowest BCUT2D eigenvalue weighted by atomic mass is 9.99. The van der Waals surface area contributed by atoms with Gasteiger partial charge in [0, 0.05) is 13.6 Å². The molecule has 0 spiro atoms. The van der Waals surface area contributed by atoms with Crippen molar-refractivity contribution >= 4 is 11.0 Å². The van der Waals surface area contributed by atoms with E-state index < -0.39 is 6.10 Å². The summed E-state index contributed by atoms with van der Waals surface area (Å²) < 4.78 is 14.6. The van der Waals surface area contributed by atoms with Crippen LogP contribution in [-0.4, -0.2) is 37.0 Å². The van der Waals surface area contributed by atoms with Gasteiger partial charge in [0.05, 0.1) is 37.2 Å². The van der Waals surface area contributed by atoms with Crippen molar-refractivity contribution in [1.29, 1.82) is 0 Å². The van der Waals surface area contributed by atoms with Gasteiger partial charge in [-0.1, -0.05) is 23.4 Å². The third-order valence-corrected chi connectivity index (χ3v) is 5.53. The van der Waals surface area contributed by atoms with E-state index in [1.54, 1.807) is 11.8 Å². The first-order chi connectivity index (χ1) is 15.0. The molecular formula is C23H27N5O3. The maximum atomic E-state index is 11.0. The molecule has 0 aliphatic rings. The van der Waals surface area contributed by atoms with E-state index in [1.807, 2.05) is 68.0 Å². The van der Waals surface area contributed by atoms with Gasteiger partial charge < -0.3 is 14.6 Å². The van der Waals surface area contributed by atoms with Crippen LogP contribution < -0.4 is 4.74 Å². The summed E-state index contributed by atoms with van der Waals surface area (Å²) in [6.07, 6.45) is -0.849. The van der Waals surface area contributed by atoms with Gasteiger partial charge in [0.25, 0.3) is 0 Å². The molecule has 2 heterocycles. The molecule has 2 aromatic heterocycles.